The molecule has 1 aliphatic rings. The van der Waals surface area contributed by atoms with E-state index in [1.165, 1.54) is 0 Å². The molecule has 6 nitrogen and oxygen atoms in total. The number of nitrogens with zero attached hydrogens (tertiary/aromatic N) is 2. The van der Waals surface area contributed by atoms with Crippen LogP contribution < -0.4 is 4.90 Å². The number of hydrogen-bond acceptors (Lipinski definition) is 4. The predicted molar refractivity (Wildman–Crippen MR) is 95.9 cm³/mol. The van der Waals surface area contributed by atoms with Gasteiger partial charge in [-0.1, -0.05) is 15.9 Å². The Bertz CT molecular complexity index is 647. The number of carboxylic acid groups (broad SMARTS) is 1. The lowest BCUT2D eigenvalue weighted by Gasteiger charge is -2.37. The maximum Gasteiger partial charge on any atom is 0.410 e. The number of carboxylic acids is 1. The van der Waals surface area contributed by atoms with E-state index in [2.05, 4.69) is 20.8 Å². The molecule has 1 aromatic rings. The third-order valence-corrected chi connectivity index (χ3v) is 4.66. The molecule has 0 radical (unpaired) electrons. The third-order valence-electron chi connectivity index (χ3n) is 3.84. The SMILES string of the molecule is Cc1c(Br)cc(C(=O)O)cc1N1CCN(C(=O)OC(C)(C)C)CC1. The van der Waals surface area contributed by atoms with Gasteiger partial charge in [0.25, 0.3) is 0 Å². The zero-order chi connectivity index (χ0) is 18.1. The van der Waals surface area contributed by atoms with Gasteiger partial charge in [-0.2, -0.15) is 0 Å². The van der Waals surface area contributed by atoms with Crippen LogP contribution in [0.15, 0.2) is 16.6 Å². The zero-order valence-corrected chi connectivity index (χ0v) is 16.0. The summed E-state index contributed by atoms with van der Waals surface area (Å²) in [5, 5.41) is 9.24. The number of piperazine rings is 1. The molecule has 0 aliphatic carbocycles. The van der Waals surface area contributed by atoms with Crippen LogP contribution in [0, 0.1) is 6.92 Å². The Morgan fingerprint density at radius 2 is 1.75 bits per heavy atom. The molecule has 0 saturated carbocycles. The second kappa shape index (κ2) is 7.01. The molecule has 1 aromatic carbocycles. The molecule has 1 amide bonds. The number of hydrogen-bond donors (Lipinski definition) is 1. The van der Waals surface area contributed by atoms with E-state index in [-0.39, 0.29) is 11.7 Å². The number of carbonyl (C=O) groups is 2. The topological polar surface area (TPSA) is 70.1 Å². The smallest absolute Gasteiger partial charge is 0.410 e. The lowest BCUT2D eigenvalue weighted by atomic mass is 10.1. The van der Waals surface area contributed by atoms with Gasteiger partial charge in [-0.3, -0.25) is 0 Å². The van der Waals surface area contributed by atoms with Gasteiger partial charge in [0.1, 0.15) is 5.60 Å². The van der Waals surface area contributed by atoms with Gasteiger partial charge in [-0.25, -0.2) is 9.59 Å². The summed E-state index contributed by atoms with van der Waals surface area (Å²) in [6, 6.07) is 3.30. The molecule has 0 aromatic heterocycles. The lowest BCUT2D eigenvalue weighted by Crippen LogP contribution is -2.50. The fourth-order valence-electron chi connectivity index (χ4n) is 2.57. The minimum absolute atomic E-state index is 0.247. The Kier molecular flexibility index (Phi) is 5.42. The molecule has 0 bridgehead atoms. The van der Waals surface area contributed by atoms with Crippen molar-refractivity contribution in [2.45, 2.75) is 33.3 Å². The summed E-state index contributed by atoms with van der Waals surface area (Å²) in [6.45, 7) is 9.85. The monoisotopic (exact) mass is 398 g/mol. The molecule has 1 fully saturated rings. The molecule has 24 heavy (non-hydrogen) atoms. The first-order valence-corrected chi connectivity index (χ1v) is 8.64. The number of halogens is 1. The standard InChI is InChI=1S/C17H23BrN2O4/c1-11-13(18)9-12(15(21)22)10-14(11)19-5-7-20(8-6-19)16(23)24-17(2,3)4/h9-10H,5-8H2,1-4H3,(H,21,22). The van der Waals surface area contributed by atoms with Crippen molar-refractivity contribution in [2.24, 2.45) is 0 Å². The Morgan fingerprint density at radius 1 is 1.17 bits per heavy atom. The van der Waals surface area contributed by atoms with Crippen LogP contribution in [0.5, 0.6) is 0 Å². The molecule has 7 heteroatoms. The molecular formula is C17H23BrN2O4. The molecule has 2 rings (SSSR count). The van der Waals surface area contributed by atoms with Gasteiger partial charge >= 0.3 is 12.1 Å². The molecular weight excluding hydrogens is 376 g/mol. The summed E-state index contributed by atoms with van der Waals surface area (Å²) in [5.74, 6) is -0.954. The number of aromatic carboxylic acids is 1. The number of benzene rings is 1. The van der Waals surface area contributed by atoms with Crippen LogP contribution >= 0.6 is 15.9 Å². The number of carbonyl (C=O) groups excluding carboxylic acids is 1. The zero-order valence-electron chi connectivity index (χ0n) is 14.4. The molecule has 0 unspecified atom stereocenters. The van der Waals surface area contributed by atoms with E-state index >= 15 is 0 Å². The van der Waals surface area contributed by atoms with Crippen molar-refractivity contribution in [1.29, 1.82) is 0 Å². The second-order valence-electron chi connectivity index (χ2n) is 6.86. The molecule has 0 atom stereocenters. The van der Waals surface area contributed by atoms with Crippen LogP contribution in [0.1, 0.15) is 36.7 Å². The van der Waals surface area contributed by atoms with Crippen molar-refractivity contribution in [1.82, 2.24) is 4.90 Å². The van der Waals surface area contributed by atoms with Crippen LogP contribution in [-0.4, -0.2) is 53.8 Å². The second-order valence-corrected chi connectivity index (χ2v) is 7.72. The highest BCUT2D eigenvalue weighted by molar-refractivity contribution is 9.10. The largest absolute Gasteiger partial charge is 0.478 e. The molecule has 1 aliphatic heterocycles. The van der Waals surface area contributed by atoms with E-state index in [9.17, 15) is 14.7 Å². The highest BCUT2D eigenvalue weighted by atomic mass is 79.9. The Morgan fingerprint density at radius 3 is 2.25 bits per heavy atom. The summed E-state index contributed by atoms with van der Waals surface area (Å²) in [7, 11) is 0. The average Bonchev–Trinajstić information content (AvgIpc) is 2.48. The molecule has 0 spiro atoms. The van der Waals surface area contributed by atoms with Crippen molar-refractivity contribution < 1.29 is 19.4 Å². The maximum atomic E-state index is 12.1. The molecule has 1 heterocycles. The van der Waals surface area contributed by atoms with Crippen molar-refractivity contribution in [2.75, 3.05) is 31.1 Å². The van der Waals surface area contributed by atoms with Crippen LogP contribution in [0.4, 0.5) is 10.5 Å². The minimum atomic E-state index is -0.954. The Balaban J connectivity index is 2.10. The van der Waals surface area contributed by atoms with E-state index in [1.807, 2.05) is 27.7 Å². The number of anilines is 1. The van der Waals surface area contributed by atoms with E-state index in [0.717, 1.165) is 15.7 Å². The van der Waals surface area contributed by atoms with Gasteiger partial charge in [-0.05, 0) is 45.4 Å². The number of amides is 1. The minimum Gasteiger partial charge on any atom is -0.478 e. The van der Waals surface area contributed by atoms with E-state index in [1.54, 1.807) is 17.0 Å². The average molecular weight is 399 g/mol. The highest BCUT2D eigenvalue weighted by Gasteiger charge is 2.27. The van der Waals surface area contributed by atoms with Crippen molar-refractivity contribution in [3.63, 3.8) is 0 Å². The van der Waals surface area contributed by atoms with Crippen LogP contribution in [-0.2, 0) is 4.74 Å². The van der Waals surface area contributed by atoms with Crippen LogP contribution in [0.25, 0.3) is 0 Å². The first kappa shape index (κ1) is 18.6. The van der Waals surface area contributed by atoms with Gasteiger partial charge in [0.05, 0.1) is 5.56 Å². The summed E-state index contributed by atoms with van der Waals surface area (Å²) in [6.07, 6.45) is -0.306. The molecule has 132 valence electrons. The predicted octanol–water partition coefficient (Wildman–Crippen LogP) is 3.51. The number of rotatable bonds is 2. The summed E-state index contributed by atoms with van der Waals surface area (Å²) in [5.41, 5.74) is 1.61. The Labute approximate surface area is 150 Å². The van der Waals surface area contributed by atoms with E-state index in [0.29, 0.717) is 26.2 Å². The number of ether oxygens (including phenoxy) is 1. The first-order chi connectivity index (χ1) is 11.1. The van der Waals surface area contributed by atoms with Gasteiger partial charge in [0.15, 0.2) is 0 Å². The van der Waals surface area contributed by atoms with Crippen LogP contribution in [0.3, 0.4) is 0 Å². The highest BCUT2D eigenvalue weighted by Crippen LogP contribution is 2.30. The third kappa shape index (κ3) is 4.41. The van der Waals surface area contributed by atoms with Crippen LogP contribution in [0.2, 0.25) is 0 Å². The normalized spacial score (nSPS) is 15.4. The molecule has 1 saturated heterocycles. The maximum absolute atomic E-state index is 12.1. The van der Waals surface area contributed by atoms with Crippen molar-refractivity contribution in [3.05, 3.63) is 27.7 Å². The quantitative estimate of drug-likeness (QED) is 0.824. The molecule has 1 N–H and O–H groups in total. The summed E-state index contributed by atoms with van der Waals surface area (Å²) in [4.78, 5) is 27.2. The van der Waals surface area contributed by atoms with Gasteiger partial charge < -0.3 is 19.6 Å². The van der Waals surface area contributed by atoms with Gasteiger partial charge in [0, 0.05) is 36.3 Å². The fraction of sp³-hybridized carbons (Fsp3) is 0.529. The van der Waals surface area contributed by atoms with Gasteiger partial charge in [-0.15, -0.1) is 0 Å². The van der Waals surface area contributed by atoms with Gasteiger partial charge in [0.2, 0.25) is 0 Å². The fourth-order valence-corrected chi connectivity index (χ4v) is 3.02. The lowest BCUT2D eigenvalue weighted by molar-refractivity contribution is 0.0240. The van der Waals surface area contributed by atoms with Crippen molar-refractivity contribution in [3.8, 4) is 0 Å². The van der Waals surface area contributed by atoms with E-state index < -0.39 is 11.6 Å². The summed E-state index contributed by atoms with van der Waals surface area (Å²) < 4.78 is 6.17. The Hall–Kier alpha value is -1.76. The van der Waals surface area contributed by atoms with E-state index in [4.69, 9.17) is 4.74 Å². The van der Waals surface area contributed by atoms with Crippen molar-refractivity contribution >= 4 is 33.7 Å². The first-order valence-electron chi connectivity index (χ1n) is 7.85. The summed E-state index contributed by atoms with van der Waals surface area (Å²) >= 11 is 3.43.